The summed E-state index contributed by atoms with van der Waals surface area (Å²) in [5.74, 6) is -0.306. The topological polar surface area (TPSA) is 69.4 Å². The van der Waals surface area contributed by atoms with Gasteiger partial charge in [0.1, 0.15) is 12.0 Å². The summed E-state index contributed by atoms with van der Waals surface area (Å²) in [6.45, 7) is 7.49. The SMILES string of the molecule is CC(C)CC[C@H](N)C(=O)C(C)(C)C(=O)OCc1ccccc1. The molecule has 4 nitrogen and oxygen atoms in total. The first-order valence-corrected chi connectivity index (χ1v) is 7.76. The highest BCUT2D eigenvalue weighted by Gasteiger charge is 2.40. The Morgan fingerprint density at radius 2 is 1.73 bits per heavy atom. The third-order valence-electron chi connectivity index (χ3n) is 3.73. The Bertz CT molecular complexity index is 494. The van der Waals surface area contributed by atoms with Gasteiger partial charge in [-0.25, -0.2) is 0 Å². The van der Waals surface area contributed by atoms with Crippen LogP contribution < -0.4 is 5.73 Å². The van der Waals surface area contributed by atoms with Crippen LogP contribution in [-0.2, 0) is 20.9 Å². The summed E-state index contributed by atoms with van der Waals surface area (Å²) in [4.78, 5) is 24.6. The van der Waals surface area contributed by atoms with Crippen LogP contribution in [0.15, 0.2) is 30.3 Å². The van der Waals surface area contributed by atoms with Crippen molar-refractivity contribution in [2.45, 2.75) is 53.2 Å². The quantitative estimate of drug-likeness (QED) is 0.592. The number of hydrogen-bond acceptors (Lipinski definition) is 4. The zero-order valence-corrected chi connectivity index (χ0v) is 14.0. The number of carbonyl (C=O) groups excluding carboxylic acids is 2. The van der Waals surface area contributed by atoms with Gasteiger partial charge in [0.2, 0.25) is 0 Å². The fourth-order valence-electron chi connectivity index (χ4n) is 2.11. The van der Waals surface area contributed by atoms with Crippen LogP contribution in [0.3, 0.4) is 0 Å². The molecule has 0 spiro atoms. The van der Waals surface area contributed by atoms with Crippen molar-refractivity contribution in [2.75, 3.05) is 0 Å². The van der Waals surface area contributed by atoms with Gasteiger partial charge in [-0.15, -0.1) is 0 Å². The molecule has 0 aliphatic carbocycles. The second-order valence-electron chi connectivity index (χ2n) is 6.63. The fourth-order valence-corrected chi connectivity index (χ4v) is 2.11. The van der Waals surface area contributed by atoms with Gasteiger partial charge in [0, 0.05) is 0 Å². The minimum absolute atomic E-state index is 0.164. The van der Waals surface area contributed by atoms with E-state index in [1.807, 2.05) is 30.3 Å². The molecule has 4 heteroatoms. The molecule has 0 aliphatic heterocycles. The Balaban J connectivity index is 2.59. The van der Waals surface area contributed by atoms with Crippen LogP contribution in [0, 0.1) is 11.3 Å². The molecule has 122 valence electrons. The number of carbonyl (C=O) groups is 2. The summed E-state index contributed by atoms with van der Waals surface area (Å²) in [6, 6.07) is 8.77. The number of esters is 1. The van der Waals surface area contributed by atoms with Crippen LogP contribution in [0.2, 0.25) is 0 Å². The summed E-state index contributed by atoms with van der Waals surface area (Å²) in [5.41, 5.74) is 5.61. The van der Waals surface area contributed by atoms with E-state index in [0.29, 0.717) is 12.3 Å². The lowest BCUT2D eigenvalue weighted by molar-refractivity contribution is -0.160. The van der Waals surface area contributed by atoms with Crippen molar-refractivity contribution in [1.82, 2.24) is 0 Å². The van der Waals surface area contributed by atoms with Gasteiger partial charge in [-0.2, -0.15) is 0 Å². The lowest BCUT2D eigenvalue weighted by Gasteiger charge is -2.25. The summed E-state index contributed by atoms with van der Waals surface area (Å²) < 4.78 is 5.27. The zero-order valence-electron chi connectivity index (χ0n) is 14.0. The molecule has 0 heterocycles. The number of ketones is 1. The summed E-state index contributed by atoms with van der Waals surface area (Å²) in [6.07, 6.45) is 1.45. The molecule has 22 heavy (non-hydrogen) atoms. The molecule has 0 saturated heterocycles. The van der Waals surface area contributed by atoms with E-state index in [2.05, 4.69) is 13.8 Å². The van der Waals surface area contributed by atoms with E-state index in [0.717, 1.165) is 12.0 Å². The predicted octanol–water partition coefficient (Wildman–Crippen LogP) is 3.09. The third-order valence-corrected chi connectivity index (χ3v) is 3.73. The summed E-state index contributed by atoms with van der Waals surface area (Å²) in [7, 11) is 0. The largest absolute Gasteiger partial charge is 0.460 e. The minimum Gasteiger partial charge on any atom is -0.460 e. The summed E-state index contributed by atoms with van der Waals surface area (Å²) >= 11 is 0. The molecular formula is C18H27NO3. The molecule has 1 aromatic rings. The van der Waals surface area contributed by atoms with Gasteiger partial charge in [0.15, 0.2) is 5.78 Å². The van der Waals surface area contributed by atoms with Crippen LogP contribution >= 0.6 is 0 Å². The van der Waals surface area contributed by atoms with Crippen molar-refractivity contribution in [3.8, 4) is 0 Å². The van der Waals surface area contributed by atoms with Crippen LogP contribution in [0.25, 0.3) is 0 Å². The molecule has 1 rings (SSSR count). The van der Waals surface area contributed by atoms with Crippen molar-refractivity contribution in [3.63, 3.8) is 0 Å². The second kappa shape index (κ2) is 8.08. The number of hydrogen-bond donors (Lipinski definition) is 1. The third kappa shape index (κ3) is 5.26. The van der Waals surface area contributed by atoms with E-state index in [-0.39, 0.29) is 12.4 Å². The monoisotopic (exact) mass is 305 g/mol. The Morgan fingerprint density at radius 1 is 1.14 bits per heavy atom. The highest BCUT2D eigenvalue weighted by Crippen LogP contribution is 2.23. The number of ether oxygens (including phenoxy) is 1. The lowest BCUT2D eigenvalue weighted by Crippen LogP contribution is -2.45. The second-order valence-corrected chi connectivity index (χ2v) is 6.63. The van der Waals surface area contributed by atoms with Crippen molar-refractivity contribution in [1.29, 1.82) is 0 Å². The zero-order chi connectivity index (χ0) is 16.8. The molecule has 0 bridgehead atoms. The molecule has 2 N–H and O–H groups in total. The van der Waals surface area contributed by atoms with Crippen LogP contribution in [0.5, 0.6) is 0 Å². The first-order chi connectivity index (χ1) is 10.2. The summed E-state index contributed by atoms with van der Waals surface area (Å²) in [5, 5.41) is 0. The highest BCUT2D eigenvalue weighted by molar-refractivity contribution is 6.05. The normalized spacial score (nSPS) is 13.0. The molecule has 0 aliphatic rings. The maximum Gasteiger partial charge on any atom is 0.319 e. The first-order valence-electron chi connectivity index (χ1n) is 7.76. The van der Waals surface area contributed by atoms with Gasteiger partial charge in [-0.1, -0.05) is 44.2 Å². The molecule has 1 aromatic carbocycles. The molecule has 0 amide bonds. The minimum atomic E-state index is -1.22. The van der Waals surface area contributed by atoms with Crippen molar-refractivity contribution in [2.24, 2.45) is 17.1 Å². The van der Waals surface area contributed by atoms with Gasteiger partial charge in [-0.3, -0.25) is 9.59 Å². The smallest absolute Gasteiger partial charge is 0.319 e. The maximum absolute atomic E-state index is 12.4. The van der Waals surface area contributed by atoms with Gasteiger partial charge in [0.25, 0.3) is 0 Å². The number of rotatable bonds is 8. The van der Waals surface area contributed by atoms with Crippen molar-refractivity contribution < 1.29 is 14.3 Å². The Morgan fingerprint density at radius 3 is 2.27 bits per heavy atom. The van der Waals surface area contributed by atoms with Gasteiger partial charge in [-0.05, 0) is 38.2 Å². The van der Waals surface area contributed by atoms with E-state index in [1.54, 1.807) is 13.8 Å². The lowest BCUT2D eigenvalue weighted by atomic mass is 9.82. The average Bonchev–Trinajstić information content (AvgIpc) is 2.50. The van der Waals surface area contributed by atoms with Crippen LogP contribution in [0.1, 0.15) is 46.1 Å². The molecule has 0 radical (unpaired) electrons. The van der Waals surface area contributed by atoms with Crippen molar-refractivity contribution >= 4 is 11.8 Å². The van der Waals surface area contributed by atoms with E-state index < -0.39 is 17.4 Å². The Hall–Kier alpha value is -1.68. The highest BCUT2D eigenvalue weighted by atomic mass is 16.5. The van der Waals surface area contributed by atoms with Crippen molar-refractivity contribution in [3.05, 3.63) is 35.9 Å². The standard InChI is InChI=1S/C18H27NO3/c1-13(2)10-11-15(19)16(20)18(3,4)17(21)22-12-14-8-6-5-7-9-14/h5-9,13,15H,10-12,19H2,1-4H3/t15-/m0/s1. The van der Waals surface area contributed by atoms with Gasteiger partial charge >= 0.3 is 5.97 Å². The van der Waals surface area contributed by atoms with E-state index >= 15 is 0 Å². The Labute approximate surface area is 133 Å². The molecule has 1 atom stereocenters. The van der Waals surface area contributed by atoms with Gasteiger partial charge < -0.3 is 10.5 Å². The molecule has 0 unspecified atom stereocenters. The van der Waals surface area contributed by atoms with E-state index in [9.17, 15) is 9.59 Å². The molecule has 0 fully saturated rings. The molecule has 0 saturated carbocycles. The number of Topliss-reactive ketones (excluding diaryl/α,β-unsaturated/α-hetero) is 1. The van der Waals surface area contributed by atoms with E-state index in [4.69, 9.17) is 10.5 Å². The Kier molecular flexibility index (Phi) is 6.75. The van der Waals surface area contributed by atoms with E-state index in [1.165, 1.54) is 0 Å². The van der Waals surface area contributed by atoms with Crippen LogP contribution in [0.4, 0.5) is 0 Å². The number of benzene rings is 1. The molecule has 0 aromatic heterocycles. The van der Waals surface area contributed by atoms with Gasteiger partial charge in [0.05, 0.1) is 6.04 Å². The maximum atomic E-state index is 12.4. The van der Waals surface area contributed by atoms with Crippen LogP contribution in [-0.4, -0.2) is 17.8 Å². The number of nitrogens with two attached hydrogens (primary N) is 1. The first kappa shape index (κ1) is 18.4. The fraction of sp³-hybridized carbons (Fsp3) is 0.556. The predicted molar refractivity (Wildman–Crippen MR) is 87.1 cm³/mol. The average molecular weight is 305 g/mol. The molecular weight excluding hydrogens is 278 g/mol.